The van der Waals surface area contributed by atoms with Crippen LogP contribution in [0.25, 0.3) is 0 Å². The van der Waals surface area contributed by atoms with Gasteiger partial charge in [0.15, 0.2) is 0 Å². The molecule has 0 atom stereocenters. The van der Waals surface area contributed by atoms with Crippen LogP contribution in [0.5, 0.6) is 5.75 Å². The summed E-state index contributed by atoms with van der Waals surface area (Å²) in [6.45, 7) is 7.75. The van der Waals surface area contributed by atoms with E-state index in [9.17, 15) is 13.2 Å². The van der Waals surface area contributed by atoms with Crippen molar-refractivity contribution in [2.75, 3.05) is 22.8 Å². The molecule has 0 aromatic heterocycles. The highest BCUT2D eigenvalue weighted by molar-refractivity contribution is 7.92. The lowest BCUT2D eigenvalue weighted by molar-refractivity contribution is -0.114. The second kappa shape index (κ2) is 9.87. The number of nitrogens with zero attached hydrogens (tertiary/aromatic N) is 1. The van der Waals surface area contributed by atoms with Crippen molar-refractivity contribution in [2.45, 2.75) is 32.6 Å². The van der Waals surface area contributed by atoms with Crippen molar-refractivity contribution in [2.24, 2.45) is 0 Å². The number of carbonyl (C=O) groups is 1. The Labute approximate surface area is 189 Å². The number of aryl methyl sites for hydroxylation is 2. The quantitative estimate of drug-likeness (QED) is 0.530. The largest absolute Gasteiger partial charge is 0.494 e. The maximum absolute atomic E-state index is 13.5. The molecule has 0 aliphatic rings. The number of hydrogen-bond acceptors (Lipinski definition) is 4. The molecule has 0 heterocycles. The van der Waals surface area contributed by atoms with Crippen molar-refractivity contribution in [1.82, 2.24) is 0 Å². The van der Waals surface area contributed by atoms with E-state index in [1.807, 2.05) is 33.8 Å². The lowest BCUT2D eigenvalue weighted by Crippen LogP contribution is -2.38. The van der Waals surface area contributed by atoms with Gasteiger partial charge in [-0.05, 0) is 81.3 Å². The van der Waals surface area contributed by atoms with Crippen LogP contribution in [0.4, 0.5) is 11.4 Å². The fourth-order valence-corrected chi connectivity index (χ4v) is 4.75. The van der Waals surface area contributed by atoms with Crippen LogP contribution < -0.4 is 14.4 Å². The molecular formula is C25H28N2O4S. The van der Waals surface area contributed by atoms with Gasteiger partial charge in [0.25, 0.3) is 10.0 Å². The standard InChI is InChI=1S/C25H28N2O4S/c1-5-31-22-13-11-21(12-14-22)26-25(28)17-27(24-8-6-7-19(3)20(24)4)32(29,30)23-15-9-18(2)10-16-23/h6-16H,5,17H2,1-4H3,(H,26,28). The Kier molecular flexibility index (Phi) is 7.20. The summed E-state index contributed by atoms with van der Waals surface area (Å²) in [5.74, 6) is 0.259. The van der Waals surface area contributed by atoms with E-state index in [1.165, 1.54) is 4.31 Å². The van der Waals surface area contributed by atoms with Crippen molar-refractivity contribution in [1.29, 1.82) is 0 Å². The minimum atomic E-state index is -3.96. The van der Waals surface area contributed by atoms with Crippen LogP contribution >= 0.6 is 0 Å². The summed E-state index contributed by atoms with van der Waals surface area (Å²) in [6.07, 6.45) is 0. The lowest BCUT2D eigenvalue weighted by atomic mass is 10.1. The Bertz CT molecular complexity index is 1190. The molecule has 0 unspecified atom stereocenters. The third-order valence-corrected chi connectivity index (χ3v) is 6.96. The van der Waals surface area contributed by atoms with Gasteiger partial charge in [0.05, 0.1) is 17.2 Å². The maximum atomic E-state index is 13.5. The number of anilines is 2. The van der Waals surface area contributed by atoms with Gasteiger partial charge in [-0.3, -0.25) is 9.10 Å². The molecule has 6 nitrogen and oxygen atoms in total. The molecule has 7 heteroatoms. The smallest absolute Gasteiger partial charge is 0.264 e. The van der Waals surface area contributed by atoms with Gasteiger partial charge in [0, 0.05) is 5.69 Å². The van der Waals surface area contributed by atoms with Crippen LogP contribution in [0, 0.1) is 20.8 Å². The van der Waals surface area contributed by atoms with E-state index in [4.69, 9.17) is 4.74 Å². The van der Waals surface area contributed by atoms with Gasteiger partial charge < -0.3 is 10.1 Å². The van der Waals surface area contributed by atoms with Crippen molar-refractivity contribution in [3.8, 4) is 5.75 Å². The summed E-state index contributed by atoms with van der Waals surface area (Å²) in [4.78, 5) is 13.0. The summed E-state index contributed by atoms with van der Waals surface area (Å²) in [5, 5.41) is 2.78. The third kappa shape index (κ3) is 5.29. The number of amides is 1. The molecule has 168 valence electrons. The molecule has 0 saturated heterocycles. The molecular weight excluding hydrogens is 424 g/mol. The van der Waals surface area contributed by atoms with Crippen molar-refractivity contribution in [3.63, 3.8) is 0 Å². The summed E-state index contributed by atoms with van der Waals surface area (Å²) in [6, 6.07) is 19.0. The third-order valence-electron chi connectivity index (χ3n) is 5.19. The van der Waals surface area contributed by atoms with Crippen LogP contribution in [0.15, 0.2) is 71.6 Å². The van der Waals surface area contributed by atoms with E-state index < -0.39 is 15.9 Å². The first-order valence-corrected chi connectivity index (χ1v) is 11.8. The van der Waals surface area contributed by atoms with Gasteiger partial charge in [-0.25, -0.2) is 8.42 Å². The first kappa shape index (κ1) is 23.3. The van der Waals surface area contributed by atoms with Crippen LogP contribution in [-0.2, 0) is 14.8 Å². The molecule has 1 amide bonds. The van der Waals surface area contributed by atoms with Gasteiger partial charge in [-0.1, -0.05) is 29.8 Å². The normalized spacial score (nSPS) is 11.1. The van der Waals surface area contributed by atoms with Gasteiger partial charge in [-0.2, -0.15) is 0 Å². The molecule has 1 N–H and O–H groups in total. The number of rotatable bonds is 8. The molecule has 0 aliphatic heterocycles. The Morgan fingerprint density at radius 3 is 2.22 bits per heavy atom. The summed E-state index contributed by atoms with van der Waals surface area (Å²) in [7, 11) is -3.96. The number of benzene rings is 3. The van der Waals surface area contributed by atoms with Crippen molar-refractivity contribution >= 4 is 27.3 Å². The lowest BCUT2D eigenvalue weighted by Gasteiger charge is -2.26. The van der Waals surface area contributed by atoms with E-state index in [0.29, 0.717) is 23.7 Å². The van der Waals surface area contributed by atoms with E-state index in [2.05, 4.69) is 5.32 Å². The van der Waals surface area contributed by atoms with Crippen LogP contribution in [0.2, 0.25) is 0 Å². The minimum absolute atomic E-state index is 0.137. The molecule has 3 aromatic carbocycles. The highest BCUT2D eigenvalue weighted by Crippen LogP contribution is 2.29. The fraction of sp³-hybridized carbons (Fsp3) is 0.240. The average Bonchev–Trinajstić information content (AvgIpc) is 2.76. The predicted molar refractivity (Wildman–Crippen MR) is 128 cm³/mol. The number of hydrogen-bond donors (Lipinski definition) is 1. The first-order valence-electron chi connectivity index (χ1n) is 10.4. The summed E-state index contributed by atoms with van der Waals surface area (Å²) >= 11 is 0. The van der Waals surface area contributed by atoms with E-state index >= 15 is 0 Å². The molecule has 0 radical (unpaired) electrons. The predicted octanol–water partition coefficient (Wildman–Crippen LogP) is 4.84. The topological polar surface area (TPSA) is 75.7 Å². The molecule has 0 spiro atoms. The summed E-state index contributed by atoms with van der Waals surface area (Å²) in [5.41, 5.74) is 3.74. The zero-order chi connectivity index (χ0) is 23.3. The Balaban J connectivity index is 1.93. The SMILES string of the molecule is CCOc1ccc(NC(=O)CN(c2cccc(C)c2C)S(=O)(=O)c2ccc(C)cc2)cc1. The molecule has 32 heavy (non-hydrogen) atoms. The second-order valence-electron chi connectivity index (χ2n) is 7.55. The molecule has 3 rings (SSSR count). The number of sulfonamides is 1. The van der Waals surface area contributed by atoms with Crippen molar-refractivity contribution in [3.05, 3.63) is 83.4 Å². The van der Waals surface area contributed by atoms with E-state index in [0.717, 1.165) is 16.7 Å². The average molecular weight is 453 g/mol. The number of nitrogens with one attached hydrogen (secondary N) is 1. The van der Waals surface area contributed by atoms with E-state index in [1.54, 1.807) is 60.7 Å². The Morgan fingerprint density at radius 2 is 1.59 bits per heavy atom. The van der Waals surface area contributed by atoms with Gasteiger partial charge in [0.1, 0.15) is 12.3 Å². The zero-order valence-corrected chi connectivity index (χ0v) is 19.6. The highest BCUT2D eigenvalue weighted by Gasteiger charge is 2.28. The molecule has 0 saturated carbocycles. The molecule has 0 bridgehead atoms. The van der Waals surface area contributed by atoms with Crippen molar-refractivity contribution < 1.29 is 17.9 Å². The highest BCUT2D eigenvalue weighted by atomic mass is 32.2. The van der Waals surface area contributed by atoms with Crippen LogP contribution in [0.3, 0.4) is 0 Å². The van der Waals surface area contributed by atoms with Crippen LogP contribution in [-0.4, -0.2) is 27.5 Å². The van der Waals surface area contributed by atoms with E-state index in [-0.39, 0.29) is 11.4 Å². The fourth-order valence-electron chi connectivity index (χ4n) is 3.28. The number of ether oxygens (including phenoxy) is 1. The molecule has 0 aliphatic carbocycles. The van der Waals surface area contributed by atoms with Crippen LogP contribution in [0.1, 0.15) is 23.6 Å². The van der Waals surface area contributed by atoms with Gasteiger partial charge >= 0.3 is 0 Å². The molecule has 3 aromatic rings. The monoisotopic (exact) mass is 452 g/mol. The van der Waals surface area contributed by atoms with Gasteiger partial charge in [-0.15, -0.1) is 0 Å². The first-order chi connectivity index (χ1) is 15.2. The minimum Gasteiger partial charge on any atom is -0.494 e. The maximum Gasteiger partial charge on any atom is 0.264 e. The van der Waals surface area contributed by atoms with Gasteiger partial charge in [0.2, 0.25) is 5.91 Å². The summed E-state index contributed by atoms with van der Waals surface area (Å²) < 4.78 is 33.7. The molecule has 0 fully saturated rings. The Hall–Kier alpha value is -3.32. The Morgan fingerprint density at radius 1 is 0.938 bits per heavy atom. The number of carbonyl (C=O) groups excluding carboxylic acids is 1. The zero-order valence-electron chi connectivity index (χ0n) is 18.8. The second-order valence-corrected chi connectivity index (χ2v) is 9.41.